The van der Waals surface area contributed by atoms with Crippen LogP contribution in [0.15, 0.2) is 34.9 Å². The molecule has 2 N–H and O–H groups in total. The third kappa shape index (κ3) is 3.00. The summed E-state index contributed by atoms with van der Waals surface area (Å²) in [6.45, 7) is 4.66. The minimum absolute atomic E-state index is 0.305. The van der Waals surface area contributed by atoms with E-state index in [1.165, 1.54) is 5.56 Å². The van der Waals surface area contributed by atoms with E-state index in [1.54, 1.807) is 6.07 Å². The van der Waals surface area contributed by atoms with E-state index in [2.05, 4.69) is 25.1 Å². The molecule has 0 amide bonds. The van der Waals surface area contributed by atoms with Crippen LogP contribution in [0.2, 0.25) is 0 Å². The van der Waals surface area contributed by atoms with Gasteiger partial charge in [0, 0.05) is 6.07 Å². The molecule has 0 radical (unpaired) electrons. The van der Waals surface area contributed by atoms with Crippen molar-refractivity contribution in [2.75, 3.05) is 5.73 Å². The van der Waals surface area contributed by atoms with Gasteiger partial charge in [0.1, 0.15) is 18.1 Å². The van der Waals surface area contributed by atoms with Crippen molar-refractivity contribution in [2.45, 2.75) is 26.4 Å². The summed E-state index contributed by atoms with van der Waals surface area (Å²) in [5.41, 5.74) is 7.37. The Morgan fingerprint density at radius 1 is 1.35 bits per heavy atom. The van der Waals surface area contributed by atoms with Gasteiger partial charge in [0.25, 0.3) is 0 Å². The van der Waals surface area contributed by atoms with Crippen LogP contribution in [0.3, 0.4) is 0 Å². The Hall–Kier alpha value is -1.97. The highest BCUT2D eigenvalue weighted by Gasteiger charge is 2.04. The molecule has 1 aromatic carbocycles. The van der Waals surface area contributed by atoms with E-state index in [0.29, 0.717) is 24.1 Å². The fraction of sp³-hybridized carbons (Fsp3) is 0.308. The monoisotopic (exact) mass is 232 g/mol. The quantitative estimate of drug-likeness (QED) is 0.880. The van der Waals surface area contributed by atoms with Crippen molar-refractivity contribution >= 4 is 5.88 Å². The van der Waals surface area contributed by atoms with Gasteiger partial charge in [0.15, 0.2) is 0 Å². The van der Waals surface area contributed by atoms with Gasteiger partial charge in [0.05, 0.1) is 0 Å². The number of nitrogens with two attached hydrogens (primary N) is 1. The molecule has 0 atom stereocenters. The summed E-state index contributed by atoms with van der Waals surface area (Å²) in [7, 11) is 0. The van der Waals surface area contributed by atoms with Crippen molar-refractivity contribution in [1.82, 2.24) is 5.16 Å². The van der Waals surface area contributed by atoms with Gasteiger partial charge >= 0.3 is 0 Å². The van der Waals surface area contributed by atoms with E-state index in [9.17, 15) is 0 Å². The van der Waals surface area contributed by atoms with Gasteiger partial charge in [-0.05, 0) is 23.6 Å². The third-order valence-electron chi connectivity index (χ3n) is 2.49. The third-order valence-corrected chi connectivity index (χ3v) is 2.49. The van der Waals surface area contributed by atoms with Crippen LogP contribution in [0.1, 0.15) is 31.0 Å². The Morgan fingerprint density at radius 3 is 2.82 bits per heavy atom. The topological polar surface area (TPSA) is 61.3 Å². The van der Waals surface area contributed by atoms with Crippen molar-refractivity contribution in [3.8, 4) is 5.75 Å². The highest BCUT2D eigenvalue weighted by Crippen LogP contribution is 2.21. The van der Waals surface area contributed by atoms with E-state index < -0.39 is 0 Å². The molecule has 2 aromatic rings. The van der Waals surface area contributed by atoms with Crippen molar-refractivity contribution in [1.29, 1.82) is 0 Å². The van der Waals surface area contributed by atoms with Crippen LogP contribution in [-0.2, 0) is 6.61 Å². The maximum atomic E-state index is 5.62. The zero-order chi connectivity index (χ0) is 12.3. The maximum Gasteiger partial charge on any atom is 0.222 e. The molecule has 4 heteroatoms. The zero-order valence-corrected chi connectivity index (χ0v) is 10.0. The molecule has 2 rings (SSSR count). The van der Waals surface area contributed by atoms with Crippen LogP contribution in [0.4, 0.5) is 5.88 Å². The number of rotatable bonds is 4. The smallest absolute Gasteiger partial charge is 0.222 e. The molecule has 17 heavy (non-hydrogen) atoms. The number of nitrogen functional groups attached to an aromatic ring is 1. The van der Waals surface area contributed by atoms with E-state index in [1.807, 2.05) is 18.2 Å². The lowest BCUT2D eigenvalue weighted by Crippen LogP contribution is -1.96. The van der Waals surface area contributed by atoms with E-state index >= 15 is 0 Å². The SMILES string of the molecule is CC(C)c1cccc(OCc2cc(N)on2)c1. The number of hydrogen-bond donors (Lipinski definition) is 1. The van der Waals surface area contributed by atoms with Gasteiger partial charge in [-0.2, -0.15) is 0 Å². The predicted octanol–water partition coefficient (Wildman–Crippen LogP) is 2.96. The molecule has 4 nitrogen and oxygen atoms in total. The number of benzene rings is 1. The van der Waals surface area contributed by atoms with E-state index in [0.717, 1.165) is 5.75 Å². The first-order chi connectivity index (χ1) is 8.15. The number of anilines is 1. The Balaban J connectivity index is 2.01. The van der Waals surface area contributed by atoms with Gasteiger partial charge in [0.2, 0.25) is 5.88 Å². The van der Waals surface area contributed by atoms with Crippen LogP contribution in [0.25, 0.3) is 0 Å². The number of ether oxygens (including phenoxy) is 1. The Morgan fingerprint density at radius 2 is 2.18 bits per heavy atom. The molecular weight excluding hydrogens is 216 g/mol. The summed E-state index contributed by atoms with van der Waals surface area (Å²) in [4.78, 5) is 0. The Bertz CT molecular complexity index is 492. The highest BCUT2D eigenvalue weighted by molar-refractivity contribution is 5.30. The summed E-state index contributed by atoms with van der Waals surface area (Å²) in [5, 5.41) is 3.76. The van der Waals surface area contributed by atoms with Crippen molar-refractivity contribution in [3.63, 3.8) is 0 Å². The van der Waals surface area contributed by atoms with Crippen LogP contribution in [0.5, 0.6) is 5.75 Å². The summed E-state index contributed by atoms with van der Waals surface area (Å²) in [6, 6.07) is 9.70. The highest BCUT2D eigenvalue weighted by atomic mass is 16.5. The predicted molar refractivity (Wildman–Crippen MR) is 65.8 cm³/mol. The first-order valence-electron chi connectivity index (χ1n) is 5.59. The van der Waals surface area contributed by atoms with Crippen molar-refractivity contribution < 1.29 is 9.26 Å². The maximum absolute atomic E-state index is 5.62. The van der Waals surface area contributed by atoms with Gasteiger partial charge in [-0.25, -0.2) is 0 Å². The second-order valence-electron chi connectivity index (χ2n) is 4.24. The summed E-state index contributed by atoms with van der Waals surface area (Å²) < 4.78 is 10.4. The first-order valence-corrected chi connectivity index (χ1v) is 5.59. The van der Waals surface area contributed by atoms with Gasteiger partial charge in [-0.3, -0.25) is 0 Å². The molecule has 0 unspecified atom stereocenters. The lowest BCUT2D eigenvalue weighted by molar-refractivity contribution is 0.290. The molecule has 0 spiro atoms. The summed E-state index contributed by atoms with van der Waals surface area (Å²) >= 11 is 0. The molecule has 0 saturated carbocycles. The Kier molecular flexibility index (Phi) is 3.32. The molecule has 0 aliphatic heterocycles. The van der Waals surface area contributed by atoms with Crippen LogP contribution in [0, 0.1) is 0 Å². The largest absolute Gasteiger partial charge is 0.487 e. The zero-order valence-electron chi connectivity index (χ0n) is 10.0. The summed E-state index contributed by atoms with van der Waals surface area (Å²) in [6.07, 6.45) is 0. The molecule has 0 aliphatic rings. The second kappa shape index (κ2) is 4.91. The molecule has 0 saturated heterocycles. The van der Waals surface area contributed by atoms with E-state index in [4.69, 9.17) is 15.0 Å². The van der Waals surface area contributed by atoms with Crippen LogP contribution in [-0.4, -0.2) is 5.16 Å². The number of aromatic nitrogens is 1. The van der Waals surface area contributed by atoms with Crippen molar-refractivity contribution in [3.05, 3.63) is 41.6 Å². The average molecular weight is 232 g/mol. The molecule has 0 fully saturated rings. The fourth-order valence-electron chi connectivity index (χ4n) is 1.52. The van der Waals surface area contributed by atoms with E-state index in [-0.39, 0.29) is 0 Å². The lowest BCUT2D eigenvalue weighted by atomic mass is 10.0. The molecule has 0 aliphatic carbocycles. The molecule has 90 valence electrons. The molecule has 0 bridgehead atoms. The second-order valence-corrected chi connectivity index (χ2v) is 4.24. The molecular formula is C13H16N2O2. The lowest BCUT2D eigenvalue weighted by Gasteiger charge is -2.08. The standard InChI is InChI=1S/C13H16N2O2/c1-9(2)10-4-3-5-12(6-10)16-8-11-7-13(14)17-15-11/h3-7,9H,8,14H2,1-2H3. The van der Waals surface area contributed by atoms with Crippen LogP contribution >= 0.6 is 0 Å². The van der Waals surface area contributed by atoms with Gasteiger partial charge in [-0.1, -0.05) is 31.1 Å². The normalized spacial score (nSPS) is 10.8. The minimum atomic E-state index is 0.305. The fourth-order valence-corrected chi connectivity index (χ4v) is 1.52. The minimum Gasteiger partial charge on any atom is -0.487 e. The van der Waals surface area contributed by atoms with Crippen molar-refractivity contribution in [2.24, 2.45) is 0 Å². The van der Waals surface area contributed by atoms with Crippen LogP contribution < -0.4 is 10.5 Å². The average Bonchev–Trinajstić information content (AvgIpc) is 2.73. The Labute approximate surface area is 100 Å². The summed E-state index contributed by atoms with van der Waals surface area (Å²) in [5.74, 6) is 1.62. The van der Waals surface area contributed by atoms with Gasteiger partial charge < -0.3 is 15.0 Å². The van der Waals surface area contributed by atoms with Gasteiger partial charge in [-0.15, -0.1) is 0 Å². The number of hydrogen-bond acceptors (Lipinski definition) is 4. The molecule has 1 aromatic heterocycles. The molecule has 1 heterocycles. The first kappa shape index (κ1) is 11.5. The number of nitrogens with zero attached hydrogens (tertiary/aromatic N) is 1.